The summed E-state index contributed by atoms with van der Waals surface area (Å²) in [6, 6.07) is 0.406. The van der Waals surface area contributed by atoms with Crippen LogP contribution in [0.3, 0.4) is 0 Å². The zero-order valence-corrected chi connectivity index (χ0v) is 15.3. The molecule has 0 aliphatic carbocycles. The minimum atomic E-state index is -3.08. The minimum Gasteiger partial charge on any atom is -0.378 e. The van der Waals surface area contributed by atoms with E-state index in [1.54, 1.807) is 4.31 Å². The molecule has 0 aromatic carbocycles. The molecule has 7 nitrogen and oxygen atoms in total. The van der Waals surface area contributed by atoms with Crippen LogP contribution in [0.2, 0.25) is 0 Å². The summed E-state index contributed by atoms with van der Waals surface area (Å²) in [6.45, 7) is 5.75. The van der Waals surface area contributed by atoms with Crippen molar-refractivity contribution in [3.8, 4) is 0 Å². The van der Waals surface area contributed by atoms with Gasteiger partial charge in [0.05, 0.1) is 25.4 Å². The number of sulfonamides is 1. The molecule has 3 saturated heterocycles. The summed E-state index contributed by atoms with van der Waals surface area (Å²) >= 11 is 0. The maximum atomic E-state index is 12.7. The summed E-state index contributed by atoms with van der Waals surface area (Å²) in [7, 11) is -3.08. The lowest BCUT2D eigenvalue weighted by atomic mass is 9.93. The fraction of sp³-hybridized carbons (Fsp3) is 0.938. The van der Waals surface area contributed by atoms with E-state index in [0.717, 1.165) is 38.8 Å². The van der Waals surface area contributed by atoms with Gasteiger partial charge >= 0.3 is 0 Å². The third kappa shape index (κ3) is 4.28. The minimum absolute atomic E-state index is 0.0878. The quantitative estimate of drug-likeness (QED) is 0.708. The second-order valence-electron chi connectivity index (χ2n) is 7.16. The molecule has 1 unspecified atom stereocenters. The van der Waals surface area contributed by atoms with E-state index >= 15 is 0 Å². The number of nitrogens with zero attached hydrogens (tertiary/aromatic N) is 3. The predicted molar refractivity (Wildman–Crippen MR) is 91.1 cm³/mol. The Hall–Kier alpha value is -0.700. The molecule has 3 heterocycles. The molecule has 0 saturated carbocycles. The van der Waals surface area contributed by atoms with Gasteiger partial charge in [-0.25, -0.2) is 12.7 Å². The van der Waals surface area contributed by atoms with Gasteiger partial charge in [-0.2, -0.15) is 0 Å². The molecule has 138 valence electrons. The average molecular weight is 359 g/mol. The molecule has 0 aromatic heterocycles. The third-order valence-electron chi connectivity index (χ3n) is 5.53. The molecule has 8 heteroatoms. The number of carbonyl (C=O) groups is 1. The van der Waals surface area contributed by atoms with E-state index in [0.29, 0.717) is 45.4 Å². The summed E-state index contributed by atoms with van der Waals surface area (Å²) in [5, 5.41) is 0. The van der Waals surface area contributed by atoms with Crippen LogP contribution in [0.15, 0.2) is 0 Å². The van der Waals surface area contributed by atoms with Crippen molar-refractivity contribution in [1.82, 2.24) is 14.1 Å². The average Bonchev–Trinajstić information content (AvgIpc) is 2.61. The van der Waals surface area contributed by atoms with Crippen molar-refractivity contribution >= 4 is 15.9 Å². The third-order valence-corrected chi connectivity index (χ3v) is 6.84. The van der Waals surface area contributed by atoms with Crippen LogP contribution in [-0.2, 0) is 19.6 Å². The van der Waals surface area contributed by atoms with Crippen molar-refractivity contribution in [2.75, 3.05) is 58.7 Å². The lowest BCUT2D eigenvalue weighted by molar-refractivity contribution is -0.141. The molecule has 0 radical (unpaired) electrons. The molecule has 0 aromatic rings. The second-order valence-corrected chi connectivity index (χ2v) is 9.15. The SMILES string of the molecule is CS(=O)(=O)N1CCC(N2CCCC(C(=O)N3CCOCC3)C2)CC1. The van der Waals surface area contributed by atoms with Crippen LogP contribution in [0, 0.1) is 5.92 Å². The first-order chi connectivity index (χ1) is 11.4. The maximum absolute atomic E-state index is 12.7. The van der Waals surface area contributed by atoms with Gasteiger partial charge in [0.1, 0.15) is 0 Å². The first-order valence-electron chi connectivity index (χ1n) is 9.01. The molecular formula is C16H29N3O4S. The van der Waals surface area contributed by atoms with Crippen LogP contribution in [-0.4, -0.2) is 93.2 Å². The number of likely N-dealkylation sites (tertiary alicyclic amines) is 1. The normalized spacial score (nSPS) is 28.9. The van der Waals surface area contributed by atoms with Crippen LogP contribution < -0.4 is 0 Å². The molecule has 3 rings (SSSR count). The zero-order chi connectivity index (χ0) is 17.2. The van der Waals surface area contributed by atoms with Crippen molar-refractivity contribution in [2.24, 2.45) is 5.92 Å². The molecule has 3 aliphatic rings. The van der Waals surface area contributed by atoms with E-state index in [1.165, 1.54) is 6.26 Å². The van der Waals surface area contributed by atoms with Crippen LogP contribution in [0.1, 0.15) is 25.7 Å². The van der Waals surface area contributed by atoms with Crippen molar-refractivity contribution < 1.29 is 17.9 Å². The van der Waals surface area contributed by atoms with Gasteiger partial charge in [0, 0.05) is 38.8 Å². The molecule has 0 N–H and O–H groups in total. The molecule has 24 heavy (non-hydrogen) atoms. The van der Waals surface area contributed by atoms with Crippen molar-refractivity contribution in [2.45, 2.75) is 31.7 Å². The number of piperidine rings is 2. The zero-order valence-electron chi connectivity index (χ0n) is 14.5. The van der Waals surface area contributed by atoms with E-state index in [9.17, 15) is 13.2 Å². The lowest BCUT2D eigenvalue weighted by Gasteiger charge is -2.42. The van der Waals surface area contributed by atoms with Crippen LogP contribution >= 0.6 is 0 Å². The Labute approximate surface area is 145 Å². The summed E-state index contributed by atoms with van der Waals surface area (Å²) < 4.78 is 30.2. The summed E-state index contributed by atoms with van der Waals surface area (Å²) in [6.07, 6.45) is 5.03. The van der Waals surface area contributed by atoms with Gasteiger partial charge in [0.15, 0.2) is 0 Å². The topological polar surface area (TPSA) is 70.2 Å². The van der Waals surface area contributed by atoms with Gasteiger partial charge in [0.25, 0.3) is 0 Å². The predicted octanol–water partition coefficient (Wildman–Crippen LogP) is -0.0188. The molecular weight excluding hydrogens is 330 g/mol. The van der Waals surface area contributed by atoms with Gasteiger partial charge in [-0.1, -0.05) is 0 Å². The van der Waals surface area contributed by atoms with E-state index < -0.39 is 10.0 Å². The van der Waals surface area contributed by atoms with Crippen LogP contribution in [0.5, 0.6) is 0 Å². The van der Waals surface area contributed by atoms with Crippen molar-refractivity contribution in [3.05, 3.63) is 0 Å². The fourth-order valence-corrected chi connectivity index (χ4v) is 4.99. The summed E-state index contributed by atoms with van der Waals surface area (Å²) in [5.41, 5.74) is 0. The Bertz CT molecular complexity index is 540. The Kier molecular flexibility index (Phi) is 5.79. The van der Waals surface area contributed by atoms with Crippen LogP contribution in [0.25, 0.3) is 0 Å². The van der Waals surface area contributed by atoms with Gasteiger partial charge in [-0.15, -0.1) is 0 Å². The number of amides is 1. The molecule has 1 atom stereocenters. The van der Waals surface area contributed by atoms with E-state index in [4.69, 9.17) is 4.74 Å². The molecule has 0 spiro atoms. The maximum Gasteiger partial charge on any atom is 0.227 e. The molecule has 3 aliphatic heterocycles. The first-order valence-corrected chi connectivity index (χ1v) is 10.9. The van der Waals surface area contributed by atoms with Gasteiger partial charge in [0.2, 0.25) is 15.9 Å². The van der Waals surface area contributed by atoms with Crippen molar-refractivity contribution in [1.29, 1.82) is 0 Å². The fourth-order valence-electron chi connectivity index (χ4n) is 4.12. The monoisotopic (exact) mass is 359 g/mol. The number of morpholine rings is 1. The number of rotatable bonds is 3. The molecule has 3 fully saturated rings. The van der Waals surface area contributed by atoms with E-state index in [1.807, 2.05) is 4.90 Å². The smallest absolute Gasteiger partial charge is 0.227 e. The highest BCUT2D eigenvalue weighted by molar-refractivity contribution is 7.88. The first kappa shape index (κ1) is 18.1. The standard InChI is InChI=1S/C16H29N3O4S/c1-24(21,22)19-7-4-15(5-8-19)18-6-2-3-14(13-18)16(20)17-9-11-23-12-10-17/h14-15H,2-13H2,1H3. The highest BCUT2D eigenvalue weighted by Gasteiger charge is 2.34. The second kappa shape index (κ2) is 7.68. The van der Waals surface area contributed by atoms with Gasteiger partial charge < -0.3 is 9.64 Å². The van der Waals surface area contributed by atoms with Crippen LogP contribution in [0.4, 0.5) is 0 Å². The molecule has 1 amide bonds. The number of ether oxygens (including phenoxy) is 1. The Morgan fingerprint density at radius 2 is 1.67 bits per heavy atom. The van der Waals surface area contributed by atoms with Gasteiger partial charge in [-0.05, 0) is 32.2 Å². The Balaban J connectivity index is 1.53. The highest BCUT2D eigenvalue weighted by atomic mass is 32.2. The lowest BCUT2D eigenvalue weighted by Crippen LogP contribution is -2.52. The number of hydrogen-bond donors (Lipinski definition) is 0. The van der Waals surface area contributed by atoms with Crippen molar-refractivity contribution in [3.63, 3.8) is 0 Å². The Morgan fingerprint density at radius 1 is 1.00 bits per heavy atom. The van der Waals surface area contributed by atoms with E-state index in [2.05, 4.69) is 4.90 Å². The number of hydrogen-bond acceptors (Lipinski definition) is 5. The largest absolute Gasteiger partial charge is 0.378 e. The Morgan fingerprint density at radius 3 is 2.29 bits per heavy atom. The summed E-state index contributed by atoms with van der Waals surface area (Å²) in [4.78, 5) is 17.1. The van der Waals surface area contributed by atoms with Gasteiger partial charge in [-0.3, -0.25) is 9.69 Å². The molecule has 0 bridgehead atoms. The summed E-state index contributed by atoms with van der Waals surface area (Å²) in [5.74, 6) is 0.362. The number of carbonyl (C=O) groups excluding carboxylic acids is 1. The van der Waals surface area contributed by atoms with E-state index in [-0.39, 0.29) is 11.8 Å². The highest BCUT2D eigenvalue weighted by Crippen LogP contribution is 2.26.